The lowest BCUT2D eigenvalue weighted by Crippen LogP contribution is -2.21. The van der Waals surface area contributed by atoms with Crippen LogP contribution in [0.1, 0.15) is 24.0 Å². The monoisotopic (exact) mass is 411 g/mol. The molecule has 0 saturated heterocycles. The molecule has 4 rings (SSSR count). The van der Waals surface area contributed by atoms with Gasteiger partial charge in [0, 0.05) is 11.1 Å². The van der Waals surface area contributed by atoms with E-state index in [0.717, 1.165) is 23.5 Å². The fraction of sp³-hybridized carbons (Fsp3) is 0.190. The standard InChI is InChI=1S/C21H18FN3OS2/c1-2-5-19-23-15(12-27-19)13-28-21-24-18-7-4-3-6-17(18)20(26)25(21)16-10-8-14(22)9-11-16/h3-4,6-12H,2,5,13H2,1H3. The summed E-state index contributed by atoms with van der Waals surface area (Å²) in [5, 5.41) is 4.29. The van der Waals surface area contributed by atoms with Crippen LogP contribution in [0.2, 0.25) is 0 Å². The highest BCUT2D eigenvalue weighted by Crippen LogP contribution is 2.25. The molecule has 0 aliphatic rings. The zero-order chi connectivity index (χ0) is 19.5. The van der Waals surface area contributed by atoms with E-state index >= 15 is 0 Å². The average molecular weight is 412 g/mol. The number of para-hydroxylation sites is 1. The Kier molecular flexibility index (Phi) is 5.54. The van der Waals surface area contributed by atoms with Crippen molar-refractivity contribution in [3.63, 3.8) is 0 Å². The molecule has 0 bridgehead atoms. The minimum atomic E-state index is -0.342. The second-order valence-electron chi connectivity index (χ2n) is 6.30. The lowest BCUT2D eigenvalue weighted by molar-refractivity contribution is 0.627. The normalized spacial score (nSPS) is 11.2. The van der Waals surface area contributed by atoms with Crippen LogP contribution in [0.15, 0.2) is 63.9 Å². The number of nitrogens with zero attached hydrogens (tertiary/aromatic N) is 3. The summed E-state index contributed by atoms with van der Waals surface area (Å²) in [6.07, 6.45) is 2.04. The van der Waals surface area contributed by atoms with Gasteiger partial charge >= 0.3 is 0 Å². The minimum Gasteiger partial charge on any atom is -0.268 e. The smallest absolute Gasteiger partial charge is 0.266 e. The van der Waals surface area contributed by atoms with Crippen molar-refractivity contribution >= 4 is 34.0 Å². The Labute approximate surface area is 170 Å². The van der Waals surface area contributed by atoms with Crippen LogP contribution in [-0.4, -0.2) is 14.5 Å². The van der Waals surface area contributed by atoms with Gasteiger partial charge in [0.1, 0.15) is 5.82 Å². The van der Waals surface area contributed by atoms with Crippen molar-refractivity contribution in [3.05, 3.63) is 80.8 Å². The largest absolute Gasteiger partial charge is 0.268 e. The van der Waals surface area contributed by atoms with E-state index in [1.165, 1.54) is 23.9 Å². The van der Waals surface area contributed by atoms with Crippen molar-refractivity contribution in [2.75, 3.05) is 0 Å². The summed E-state index contributed by atoms with van der Waals surface area (Å²) in [5.41, 5.74) is 2.06. The first kappa shape index (κ1) is 18.8. The molecule has 142 valence electrons. The van der Waals surface area contributed by atoms with Crippen molar-refractivity contribution in [2.45, 2.75) is 30.7 Å². The van der Waals surface area contributed by atoms with Crippen LogP contribution in [0.5, 0.6) is 0 Å². The van der Waals surface area contributed by atoms with Gasteiger partial charge in [0.2, 0.25) is 0 Å². The summed E-state index contributed by atoms with van der Waals surface area (Å²) >= 11 is 3.12. The molecule has 2 heterocycles. The first-order valence-corrected chi connectivity index (χ1v) is 10.9. The summed E-state index contributed by atoms with van der Waals surface area (Å²) in [6, 6.07) is 13.2. The van der Waals surface area contributed by atoms with Gasteiger partial charge in [-0.05, 0) is 49.2 Å². The number of rotatable bonds is 6. The Bertz CT molecular complexity index is 1170. The number of aromatic nitrogens is 3. The number of hydrogen-bond donors (Lipinski definition) is 0. The molecular weight excluding hydrogens is 393 g/mol. The summed E-state index contributed by atoms with van der Waals surface area (Å²) in [4.78, 5) is 22.5. The van der Waals surface area contributed by atoms with E-state index in [0.29, 0.717) is 27.5 Å². The van der Waals surface area contributed by atoms with Gasteiger partial charge in [0.25, 0.3) is 5.56 Å². The third kappa shape index (κ3) is 3.86. The van der Waals surface area contributed by atoms with Gasteiger partial charge in [-0.1, -0.05) is 30.8 Å². The maximum atomic E-state index is 13.4. The van der Waals surface area contributed by atoms with Crippen molar-refractivity contribution in [1.29, 1.82) is 0 Å². The second kappa shape index (κ2) is 8.24. The first-order chi connectivity index (χ1) is 13.7. The number of thiazole rings is 1. The molecule has 0 N–H and O–H groups in total. The fourth-order valence-corrected chi connectivity index (χ4v) is 4.82. The van der Waals surface area contributed by atoms with Crippen LogP contribution in [0.4, 0.5) is 4.39 Å². The van der Waals surface area contributed by atoms with Crippen LogP contribution in [0.3, 0.4) is 0 Å². The molecule has 4 nitrogen and oxygen atoms in total. The van der Waals surface area contributed by atoms with Crippen molar-refractivity contribution < 1.29 is 4.39 Å². The van der Waals surface area contributed by atoms with Gasteiger partial charge in [-0.15, -0.1) is 11.3 Å². The third-order valence-corrected chi connectivity index (χ3v) is 6.17. The molecule has 0 atom stereocenters. The predicted octanol–water partition coefficient (Wildman–Crippen LogP) is 5.23. The Morgan fingerprint density at radius 2 is 1.89 bits per heavy atom. The lowest BCUT2D eigenvalue weighted by atomic mass is 10.2. The summed E-state index contributed by atoms with van der Waals surface area (Å²) < 4.78 is 14.9. The molecule has 28 heavy (non-hydrogen) atoms. The van der Waals surface area contributed by atoms with Crippen LogP contribution in [0, 0.1) is 5.82 Å². The Morgan fingerprint density at radius 3 is 2.68 bits per heavy atom. The molecule has 0 unspecified atom stereocenters. The highest BCUT2D eigenvalue weighted by molar-refractivity contribution is 7.98. The number of hydrogen-bond acceptors (Lipinski definition) is 5. The maximum Gasteiger partial charge on any atom is 0.266 e. The van der Waals surface area contributed by atoms with E-state index in [4.69, 9.17) is 4.98 Å². The second-order valence-corrected chi connectivity index (χ2v) is 8.18. The third-order valence-electron chi connectivity index (χ3n) is 4.24. The Balaban J connectivity index is 1.75. The van der Waals surface area contributed by atoms with E-state index in [9.17, 15) is 9.18 Å². The van der Waals surface area contributed by atoms with E-state index in [1.807, 2.05) is 18.2 Å². The van der Waals surface area contributed by atoms with Crippen molar-refractivity contribution in [3.8, 4) is 5.69 Å². The SMILES string of the molecule is CCCc1nc(CSc2nc3ccccc3c(=O)n2-c2ccc(F)cc2)cs1. The van der Waals surface area contributed by atoms with E-state index < -0.39 is 0 Å². The summed E-state index contributed by atoms with van der Waals surface area (Å²) in [6.45, 7) is 2.14. The zero-order valence-corrected chi connectivity index (χ0v) is 16.9. The number of benzene rings is 2. The molecule has 2 aromatic heterocycles. The highest BCUT2D eigenvalue weighted by atomic mass is 32.2. The number of fused-ring (bicyclic) bond motifs is 1. The van der Waals surface area contributed by atoms with E-state index in [-0.39, 0.29) is 11.4 Å². The maximum absolute atomic E-state index is 13.4. The lowest BCUT2D eigenvalue weighted by Gasteiger charge is -2.13. The van der Waals surface area contributed by atoms with Gasteiger partial charge in [-0.3, -0.25) is 9.36 Å². The first-order valence-electron chi connectivity index (χ1n) is 8.99. The predicted molar refractivity (Wildman–Crippen MR) is 113 cm³/mol. The molecule has 0 aliphatic carbocycles. The van der Waals surface area contributed by atoms with Crippen LogP contribution >= 0.6 is 23.1 Å². The molecule has 4 aromatic rings. The summed E-state index contributed by atoms with van der Waals surface area (Å²) in [7, 11) is 0. The molecule has 2 aromatic carbocycles. The molecule has 7 heteroatoms. The highest BCUT2D eigenvalue weighted by Gasteiger charge is 2.14. The van der Waals surface area contributed by atoms with Crippen molar-refractivity contribution in [1.82, 2.24) is 14.5 Å². The summed E-state index contributed by atoms with van der Waals surface area (Å²) in [5.74, 6) is 0.275. The zero-order valence-electron chi connectivity index (χ0n) is 15.3. The van der Waals surface area contributed by atoms with Gasteiger partial charge in [0.05, 0.1) is 27.3 Å². The van der Waals surface area contributed by atoms with E-state index in [1.54, 1.807) is 34.1 Å². The molecule has 0 fully saturated rings. The molecule has 0 saturated carbocycles. The molecule has 0 amide bonds. The van der Waals surface area contributed by atoms with Gasteiger partial charge in [-0.25, -0.2) is 14.4 Å². The van der Waals surface area contributed by atoms with E-state index in [2.05, 4.69) is 17.3 Å². The molecule has 0 radical (unpaired) electrons. The molecule has 0 aliphatic heterocycles. The number of halogens is 1. The topological polar surface area (TPSA) is 47.8 Å². The molecular formula is C21H18FN3OS2. The van der Waals surface area contributed by atoms with Gasteiger partial charge in [0.15, 0.2) is 5.16 Å². The number of thioether (sulfide) groups is 1. The average Bonchev–Trinajstić information content (AvgIpc) is 3.15. The van der Waals surface area contributed by atoms with Crippen molar-refractivity contribution in [2.24, 2.45) is 0 Å². The number of aryl methyl sites for hydroxylation is 1. The Morgan fingerprint density at radius 1 is 1.11 bits per heavy atom. The van der Waals surface area contributed by atoms with Gasteiger partial charge in [-0.2, -0.15) is 0 Å². The quantitative estimate of drug-likeness (QED) is 0.322. The molecule has 0 spiro atoms. The van der Waals surface area contributed by atoms with Crippen LogP contribution < -0.4 is 5.56 Å². The van der Waals surface area contributed by atoms with Crippen LogP contribution in [0.25, 0.3) is 16.6 Å². The van der Waals surface area contributed by atoms with Crippen LogP contribution in [-0.2, 0) is 12.2 Å². The minimum absolute atomic E-state index is 0.162. The fourth-order valence-electron chi connectivity index (χ4n) is 2.91. The van der Waals surface area contributed by atoms with Gasteiger partial charge < -0.3 is 0 Å². The Hall–Kier alpha value is -2.51.